The zero-order valence-electron chi connectivity index (χ0n) is 13.3. The quantitative estimate of drug-likeness (QED) is 0.915. The van der Waals surface area contributed by atoms with Gasteiger partial charge < -0.3 is 14.9 Å². The van der Waals surface area contributed by atoms with Crippen LogP contribution in [0.25, 0.3) is 10.6 Å². The van der Waals surface area contributed by atoms with Crippen molar-refractivity contribution >= 4 is 17.2 Å². The molecule has 1 atom stereocenters. The van der Waals surface area contributed by atoms with Gasteiger partial charge in [0, 0.05) is 36.4 Å². The Hall–Kier alpha value is -1.83. The Kier molecular flexibility index (Phi) is 4.43. The van der Waals surface area contributed by atoms with Crippen LogP contribution in [0.1, 0.15) is 16.9 Å². The van der Waals surface area contributed by atoms with E-state index in [1.54, 1.807) is 22.7 Å². The molecule has 1 fully saturated rings. The van der Waals surface area contributed by atoms with Crippen molar-refractivity contribution in [3.63, 3.8) is 0 Å². The highest BCUT2D eigenvalue weighted by atomic mass is 32.1. The number of β-amino-alcohol motifs (C(OH)–C–C–N with tert-alkyl or cyclic N) is 1. The Morgan fingerprint density at radius 1 is 1.52 bits per heavy atom. The number of nitrogens with zero attached hydrogens (tertiary/aromatic N) is 4. The Bertz CT molecular complexity index is 688. The monoisotopic (exact) mass is 332 g/mol. The lowest BCUT2D eigenvalue weighted by atomic mass is 10.0. The van der Waals surface area contributed by atoms with Crippen LogP contribution in [0.3, 0.4) is 0 Å². The summed E-state index contributed by atoms with van der Waals surface area (Å²) in [7, 11) is 3.84. The third-order valence-electron chi connectivity index (χ3n) is 3.86. The SMILES string of the molecule is CN(C)CC1(O)CCN(C(=O)c2csc(-c3cccnc3)n2)C1. The van der Waals surface area contributed by atoms with Gasteiger partial charge in [0.05, 0.1) is 12.1 Å². The lowest BCUT2D eigenvalue weighted by Gasteiger charge is -2.26. The van der Waals surface area contributed by atoms with Crippen molar-refractivity contribution in [2.75, 3.05) is 33.7 Å². The molecular weight excluding hydrogens is 312 g/mol. The van der Waals surface area contributed by atoms with Gasteiger partial charge in [-0.25, -0.2) is 4.98 Å². The van der Waals surface area contributed by atoms with Gasteiger partial charge in [-0.2, -0.15) is 0 Å². The van der Waals surface area contributed by atoms with E-state index in [4.69, 9.17) is 0 Å². The van der Waals surface area contributed by atoms with Crippen molar-refractivity contribution in [2.24, 2.45) is 0 Å². The van der Waals surface area contributed by atoms with Gasteiger partial charge in [0.15, 0.2) is 0 Å². The van der Waals surface area contributed by atoms with Crippen LogP contribution in [0.2, 0.25) is 0 Å². The molecule has 0 saturated carbocycles. The maximum atomic E-state index is 12.6. The molecule has 3 heterocycles. The first-order valence-electron chi connectivity index (χ1n) is 7.49. The van der Waals surface area contributed by atoms with E-state index in [1.807, 2.05) is 31.1 Å². The van der Waals surface area contributed by atoms with Gasteiger partial charge in [-0.1, -0.05) is 0 Å². The minimum atomic E-state index is -0.832. The fourth-order valence-corrected chi connectivity index (χ4v) is 3.69. The van der Waals surface area contributed by atoms with Gasteiger partial charge in [-0.05, 0) is 32.6 Å². The third kappa shape index (κ3) is 3.57. The Morgan fingerprint density at radius 3 is 3.04 bits per heavy atom. The minimum Gasteiger partial charge on any atom is -0.387 e. The van der Waals surface area contributed by atoms with Crippen molar-refractivity contribution in [3.8, 4) is 10.6 Å². The van der Waals surface area contributed by atoms with Gasteiger partial charge >= 0.3 is 0 Å². The van der Waals surface area contributed by atoms with E-state index in [9.17, 15) is 9.90 Å². The number of aromatic nitrogens is 2. The molecule has 1 N–H and O–H groups in total. The maximum absolute atomic E-state index is 12.6. The molecule has 0 spiro atoms. The molecule has 122 valence electrons. The number of thiazole rings is 1. The fraction of sp³-hybridized carbons (Fsp3) is 0.438. The summed E-state index contributed by atoms with van der Waals surface area (Å²) in [6.45, 7) is 1.46. The largest absolute Gasteiger partial charge is 0.387 e. The van der Waals surface area contributed by atoms with Crippen molar-refractivity contribution in [2.45, 2.75) is 12.0 Å². The normalized spacial score (nSPS) is 21.1. The highest BCUT2D eigenvalue weighted by molar-refractivity contribution is 7.13. The molecule has 23 heavy (non-hydrogen) atoms. The number of hydrogen-bond acceptors (Lipinski definition) is 6. The molecule has 2 aromatic heterocycles. The van der Waals surface area contributed by atoms with Crippen LogP contribution in [0.15, 0.2) is 29.9 Å². The van der Waals surface area contributed by atoms with Crippen LogP contribution < -0.4 is 0 Å². The summed E-state index contributed by atoms with van der Waals surface area (Å²) in [6.07, 6.45) is 4.04. The van der Waals surface area contributed by atoms with Gasteiger partial charge in [0.2, 0.25) is 0 Å². The van der Waals surface area contributed by atoms with Crippen molar-refractivity contribution < 1.29 is 9.90 Å². The first-order valence-corrected chi connectivity index (χ1v) is 8.37. The van der Waals surface area contributed by atoms with Gasteiger partial charge in [0.25, 0.3) is 5.91 Å². The molecule has 1 amide bonds. The highest BCUT2D eigenvalue weighted by Gasteiger charge is 2.39. The smallest absolute Gasteiger partial charge is 0.273 e. The Morgan fingerprint density at radius 2 is 2.35 bits per heavy atom. The number of aliphatic hydroxyl groups is 1. The molecule has 1 unspecified atom stereocenters. The predicted molar refractivity (Wildman–Crippen MR) is 89.4 cm³/mol. The van der Waals surface area contributed by atoms with E-state index >= 15 is 0 Å². The van der Waals surface area contributed by atoms with Crippen molar-refractivity contribution in [1.29, 1.82) is 0 Å². The summed E-state index contributed by atoms with van der Waals surface area (Å²) in [4.78, 5) is 24.7. The average Bonchev–Trinajstić information content (AvgIpc) is 3.14. The lowest BCUT2D eigenvalue weighted by Crippen LogP contribution is -2.43. The minimum absolute atomic E-state index is 0.119. The molecule has 0 aromatic carbocycles. The molecular formula is C16H20N4O2S. The number of amides is 1. The molecule has 7 heteroatoms. The summed E-state index contributed by atoms with van der Waals surface area (Å²) >= 11 is 1.43. The topological polar surface area (TPSA) is 69.6 Å². The van der Waals surface area contributed by atoms with E-state index in [0.717, 1.165) is 10.6 Å². The third-order valence-corrected chi connectivity index (χ3v) is 4.75. The molecule has 2 aromatic rings. The number of likely N-dealkylation sites (N-methyl/N-ethyl adjacent to an activating group) is 1. The lowest BCUT2D eigenvalue weighted by molar-refractivity contribution is 0.0235. The summed E-state index contributed by atoms with van der Waals surface area (Å²) < 4.78 is 0. The fourth-order valence-electron chi connectivity index (χ4n) is 2.90. The molecule has 6 nitrogen and oxygen atoms in total. The Labute approximate surface area is 139 Å². The standard InChI is InChI=1S/C16H20N4O2S/c1-19(2)10-16(22)5-7-20(11-16)15(21)13-9-23-14(18-13)12-4-3-6-17-8-12/h3-4,6,8-9,22H,5,7,10-11H2,1-2H3. The first kappa shape index (κ1) is 16.0. The molecule has 0 bridgehead atoms. The average molecular weight is 332 g/mol. The van der Waals surface area contributed by atoms with Gasteiger partial charge in [-0.3, -0.25) is 9.78 Å². The van der Waals surface area contributed by atoms with E-state index in [-0.39, 0.29) is 5.91 Å². The molecule has 0 aliphatic carbocycles. The zero-order chi connectivity index (χ0) is 16.4. The molecule has 0 radical (unpaired) electrons. The number of hydrogen-bond donors (Lipinski definition) is 1. The number of carbonyl (C=O) groups excluding carboxylic acids is 1. The zero-order valence-corrected chi connectivity index (χ0v) is 14.1. The molecule has 1 saturated heterocycles. The van der Waals surface area contributed by atoms with Crippen molar-refractivity contribution in [3.05, 3.63) is 35.6 Å². The number of rotatable bonds is 4. The molecule has 1 aliphatic heterocycles. The number of pyridine rings is 1. The van der Waals surface area contributed by atoms with Gasteiger partial charge in [-0.15, -0.1) is 11.3 Å². The summed E-state index contributed by atoms with van der Waals surface area (Å²) in [5.41, 5.74) is 0.506. The number of carbonyl (C=O) groups is 1. The van der Waals surface area contributed by atoms with E-state index < -0.39 is 5.60 Å². The first-order chi connectivity index (χ1) is 11.0. The van der Waals surface area contributed by atoms with E-state index in [2.05, 4.69) is 9.97 Å². The Balaban J connectivity index is 1.71. The molecule has 3 rings (SSSR count). The van der Waals surface area contributed by atoms with Crippen LogP contribution in [-0.4, -0.2) is 70.1 Å². The predicted octanol–water partition coefficient (Wildman–Crippen LogP) is 1.34. The maximum Gasteiger partial charge on any atom is 0.273 e. The second-order valence-corrected chi connectivity index (χ2v) is 7.08. The van der Waals surface area contributed by atoms with E-state index in [1.165, 1.54) is 11.3 Å². The highest BCUT2D eigenvalue weighted by Crippen LogP contribution is 2.26. The van der Waals surface area contributed by atoms with Crippen molar-refractivity contribution in [1.82, 2.24) is 19.8 Å². The number of likely N-dealkylation sites (tertiary alicyclic amines) is 1. The second kappa shape index (κ2) is 6.35. The van der Waals surface area contributed by atoms with Crippen LogP contribution in [0.5, 0.6) is 0 Å². The summed E-state index contributed by atoms with van der Waals surface area (Å²) in [5.74, 6) is -0.119. The van der Waals surface area contributed by atoms with Crippen LogP contribution in [-0.2, 0) is 0 Å². The van der Waals surface area contributed by atoms with Gasteiger partial charge in [0.1, 0.15) is 10.7 Å². The summed E-state index contributed by atoms with van der Waals surface area (Å²) in [6, 6.07) is 3.77. The summed E-state index contributed by atoms with van der Waals surface area (Å²) in [5, 5.41) is 13.1. The second-order valence-electron chi connectivity index (χ2n) is 6.22. The van der Waals surface area contributed by atoms with Crippen LogP contribution >= 0.6 is 11.3 Å². The van der Waals surface area contributed by atoms with E-state index in [0.29, 0.717) is 31.7 Å². The molecule has 1 aliphatic rings. The van der Waals surface area contributed by atoms with Crippen LogP contribution in [0.4, 0.5) is 0 Å². The van der Waals surface area contributed by atoms with Crippen LogP contribution in [0, 0.1) is 0 Å².